The number of rotatable bonds is 5. The zero-order valence-corrected chi connectivity index (χ0v) is 6.85. The molecule has 3 radical (unpaired) electrons. The largest absolute Gasteiger partial charge is 0.392 e. The SMILES string of the molecule is CC(O)CNCCC[Si]. The van der Waals surface area contributed by atoms with Gasteiger partial charge >= 0.3 is 0 Å². The van der Waals surface area contributed by atoms with Crippen molar-refractivity contribution in [3.05, 3.63) is 0 Å². The molecule has 0 saturated carbocycles. The molecule has 0 saturated heterocycles. The van der Waals surface area contributed by atoms with Crippen molar-refractivity contribution in [2.45, 2.75) is 25.5 Å². The minimum atomic E-state index is -0.222. The summed E-state index contributed by atoms with van der Waals surface area (Å²) in [6.45, 7) is 3.46. The molecule has 0 aliphatic carbocycles. The van der Waals surface area contributed by atoms with Crippen molar-refractivity contribution in [3.8, 4) is 0 Å². The molecule has 0 spiro atoms. The summed E-state index contributed by atoms with van der Waals surface area (Å²) in [5.74, 6) is 0. The monoisotopic (exact) mass is 144 g/mol. The molecule has 0 rings (SSSR count). The quantitative estimate of drug-likeness (QED) is 0.418. The third-order valence-electron chi connectivity index (χ3n) is 0.970. The van der Waals surface area contributed by atoms with Gasteiger partial charge in [0.2, 0.25) is 0 Å². The Balaban J connectivity index is 2.75. The normalized spacial score (nSPS) is 13.7. The maximum absolute atomic E-state index is 8.78. The van der Waals surface area contributed by atoms with E-state index in [4.69, 9.17) is 5.11 Å². The van der Waals surface area contributed by atoms with E-state index in [-0.39, 0.29) is 6.10 Å². The van der Waals surface area contributed by atoms with Gasteiger partial charge in [0.1, 0.15) is 0 Å². The second-order valence-electron chi connectivity index (χ2n) is 2.16. The van der Waals surface area contributed by atoms with Crippen LogP contribution in [0.2, 0.25) is 6.04 Å². The topological polar surface area (TPSA) is 32.3 Å². The molecule has 0 aromatic heterocycles. The lowest BCUT2D eigenvalue weighted by molar-refractivity contribution is 0.191. The number of aliphatic hydroxyl groups excluding tert-OH is 1. The Morgan fingerprint density at radius 2 is 2.33 bits per heavy atom. The molecule has 0 aliphatic heterocycles. The summed E-state index contributed by atoms with van der Waals surface area (Å²) in [7, 11) is 3.36. The second kappa shape index (κ2) is 6.26. The Bertz CT molecular complexity index is 59.0. The van der Waals surface area contributed by atoms with Gasteiger partial charge in [0, 0.05) is 16.8 Å². The number of hydrogen-bond donors (Lipinski definition) is 2. The van der Waals surface area contributed by atoms with Crippen LogP contribution in [0.4, 0.5) is 0 Å². The summed E-state index contributed by atoms with van der Waals surface area (Å²) in [6.07, 6.45) is 0.892. The lowest BCUT2D eigenvalue weighted by atomic mass is 10.4. The van der Waals surface area contributed by atoms with Gasteiger partial charge in [-0.3, -0.25) is 0 Å². The highest BCUT2D eigenvalue weighted by Crippen LogP contribution is 1.81. The molecular formula is C6H14NOSi. The maximum Gasteiger partial charge on any atom is 0.0636 e. The molecular weight excluding hydrogens is 130 g/mol. The molecule has 3 heteroatoms. The van der Waals surface area contributed by atoms with Gasteiger partial charge in [-0.15, -0.1) is 0 Å². The standard InChI is InChI=1S/C6H14NOSi/c1-6(8)5-7-3-2-4-9/h6-8H,2-5H2,1H3. The fourth-order valence-corrected chi connectivity index (χ4v) is 0.701. The van der Waals surface area contributed by atoms with Crippen molar-refractivity contribution in [1.29, 1.82) is 0 Å². The van der Waals surface area contributed by atoms with Crippen LogP contribution in [0.5, 0.6) is 0 Å². The third-order valence-corrected chi connectivity index (χ3v) is 1.32. The first-order chi connectivity index (χ1) is 4.27. The first-order valence-electron chi connectivity index (χ1n) is 3.30. The summed E-state index contributed by atoms with van der Waals surface area (Å²) < 4.78 is 0. The Morgan fingerprint density at radius 3 is 2.78 bits per heavy atom. The molecule has 0 aromatic rings. The van der Waals surface area contributed by atoms with Crippen LogP contribution in [0.1, 0.15) is 13.3 Å². The predicted molar refractivity (Wildman–Crippen MR) is 39.7 cm³/mol. The van der Waals surface area contributed by atoms with Crippen LogP contribution in [-0.4, -0.2) is 34.5 Å². The van der Waals surface area contributed by atoms with Crippen molar-refractivity contribution in [3.63, 3.8) is 0 Å². The summed E-state index contributed by atoms with van der Waals surface area (Å²) in [5, 5.41) is 11.9. The van der Waals surface area contributed by atoms with Crippen LogP contribution in [0, 0.1) is 0 Å². The van der Waals surface area contributed by atoms with Gasteiger partial charge in [0.05, 0.1) is 6.10 Å². The summed E-state index contributed by atoms with van der Waals surface area (Å²) >= 11 is 0. The van der Waals surface area contributed by atoms with E-state index in [0.29, 0.717) is 6.54 Å². The van der Waals surface area contributed by atoms with Crippen LogP contribution < -0.4 is 5.32 Å². The van der Waals surface area contributed by atoms with E-state index in [2.05, 4.69) is 15.6 Å². The van der Waals surface area contributed by atoms with E-state index < -0.39 is 0 Å². The number of hydrogen-bond acceptors (Lipinski definition) is 2. The lowest BCUT2D eigenvalue weighted by Gasteiger charge is -2.04. The van der Waals surface area contributed by atoms with Crippen molar-refractivity contribution in [2.24, 2.45) is 0 Å². The van der Waals surface area contributed by atoms with E-state index in [1.807, 2.05) is 0 Å². The second-order valence-corrected chi connectivity index (χ2v) is 2.66. The predicted octanol–water partition coefficient (Wildman–Crippen LogP) is -0.0663. The van der Waals surface area contributed by atoms with Crippen LogP contribution in [0.25, 0.3) is 0 Å². The van der Waals surface area contributed by atoms with Gasteiger partial charge in [0.25, 0.3) is 0 Å². The van der Waals surface area contributed by atoms with Gasteiger partial charge in [-0.2, -0.15) is 0 Å². The third kappa shape index (κ3) is 8.14. The molecule has 53 valence electrons. The van der Waals surface area contributed by atoms with E-state index in [9.17, 15) is 0 Å². The van der Waals surface area contributed by atoms with Crippen molar-refractivity contribution in [1.82, 2.24) is 5.32 Å². The highest BCUT2D eigenvalue weighted by Gasteiger charge is 1.91. The number of nitrogens with one attached hydrogen (secondary N) is 1. The van der Waals surface area contributed by atoms with Gasteiger partial charge in [-0.05, 0) is 19.9 Å². The first-order valence-corrected chi connectivity index (χ1v) is 4.01. The fraction of sp³-hybridized carbons (Fsp3) is 1.00. The average Bonchev–Trinajstić information content (AvgIpc) is 1.80. The minimum absolute atomic E-state index is 0.222. The molecule has 1 unspecified atom stereocenters. The highest BCUT2D eigenvalue weighted by atomic mass is 28.1. The molecule has 1 atom stereocenters. The molecule has 0 heterocycles. The van der Waals surface area contributed by atoms with Crippen LogP contribution in [-0.2, 0) is 0 Å². The highest BCUT2D eigenvalue weighted by molar-refractivity contribution is 6.08. The van der Waals surface area contributed by atoms with E-state index in [0.717, 1.165) is 19.0 Å². The summed E-state index contributed by atoms with van der Waals surface area (Å²) in [6, 6.07) is 1.02. The average molecular weight is 144 g/mol. The molecule has 0 bridgehead atoms. The maximum atomic E-state index is 8.78. The van der Waals surface area contributed by atoms with E-state index in [1.165, 1.54) is 0 Å². The van der Waals surface area contributed by atoms with Crippen molar-refractivity contribution in [2.75, 3.05) is 13.1 Å². The zero-order chi connectivity index (χ0) is 7.11. The lowest BCUT2D eigenvalue weighted by Crippen LogP contribution is -2.25. The van der Waals surface area contributed by atoms with Crippen molar-refractivity contribution < 1.29 is 5.11 Å². The van der Waals surface area contributed by atoms with Gasteiger partial charge in [-0.25, -0.2) is 0 Å². The molecule has 2 N–H and O–H groups in total. The molecule has 2 nitrogen and oxygen atoms in total. The van der Waals surface area contributed by atoms with E-state index >= 15 is 0 Å². The molecule has 0 fully saturated rings. The van der Waals surface area contributed by atoms with Crippen LogP contribution in [0.15, 0.2) is 0 Å². The number of aliphatic hydroxyl groups is 1. The fourth-order valence-electron chi connectivity index (χ4n) is 0.524. The van der Waals surface area contributed by atoms with Crippen molar-refractivity contribution >= 4 is 10.2 Å². The van der Waals surface area contributed by atoms with E-state index in [1.54, 1.807) is 6.92 Å². The smallest absolute Gasteiger partial charge is 0.0636 e. The molecule has 9 heavy (non-hydrogen) atoms. The van der Waals surface area contributed by atoms with Gasteiger partial charge in [-0.1, -0.05) is 6.04 Å². The molecule has 0 aromatic carbocycles. The Kier molecular flexibility index (Phi) is 6.35. The summed E-state index contributed by atoms with van der Waals surface area (Å²) in [5.41, 5.74) is 0. The minimum Gasteiger partial charge on any atom is -0.392 e. The van der Waals surface area contributed by atoms with Gasteiger partial charge < -0.3 is 10.4 Å². The summed E-state index contributed by atoms with van der Waals surface area (Å²) in [4.78, 5) is 0. The van der Waals surface area contributed by atoms with Crippen LogP contribution >= 0.6 is 0 Å². The Labute approximate surface area is 60.1 Å². The van der Waals surface area contributed by atoms with Gasteiger partial charge in [0.15, 0.2) is 0 Å². The Morgan fingerprint density at radius 1 is 1.67 bits per heavy atom. The van der Waals surface area contributed by atoms with Crippen LogP contribution in [0.3, 0.4) is 0 Å². The first kappa shape index (κ1) is 9.14. The Hall–Kier alpha value is 0.137. The molecule has 0 aliphatic rings. The molecule has 0 amide bonds. The zero-order valence-electron chi connectivity index (χ0n) is 5.85.